The van der Waals surface area contributed by atoms with Crippen molar-refractivity contribution in [2.24, 2.45) is 0 Å². The smallest absolute Gasteiger partial charge is 0.141 e. The van der Waals surface area contributed by atoms with E-state index in [-0.39, 0.29) is 0 Å². The fourth-order valence-electron chi connectivity index (χ4n) is 1.52. The lowest BCUT2D eigenvalue weighted by Crippen LogP contribution is -1.89. The van der Waals surface area contributed by atoms with Gasteiger partial charge < -0.3 is 0 Å². The van der Waals surface area contributed by atoms with E-state index >= 15 is 0 Å². The second kappa shape index (κ2) is 3.52. The lowest BCUT2D eigenvalue weighted by atomic mass is 10.1. The van der Waals surface area contributed by atoms with Crippen LogP contribution in [0.1, 0.15) is 16.8 Å². The summed E-state index contributed by atoms with van der Waals surface area (Å²) in [6.07, 6.45) is 0. The number of nitriles is 1. The molecule has 0 spiro atoms. The van der Waals surface area contributed by atoms with E-state index in [0.29, 0.717) is 5.69 Å². The van der Waals surface area contributed by atoms with E-state index in [0.717, 1.165) is 27.1 Å². The number of hydrogen-bond acceptors (Lipinski definition) is 2. The Kier molecular flexibility index (Phi) is 2.34. The average Bonchev–Trinajstić information content (AvgIpc) is 2.25. The third-order valence-electron chi connectivity index (χ3n) is 2.55. The zero-order chi connectivity index (χ0) is 11.0. The first-order chi connectivity index (χ1) is 7.13. The van der Waals surface area contributed by atoms with Gasteiger partial charge in [0.05, 0.1) is 10.5 Å². The van der Waals surface area contributed by atoms with Crippen LogP contribution >= 0.6 is 11.6 Å². The summed E-state index contributed by atoms with van der Waals surface area (Å²) in [5, 5.41) is 10.4. The summed E-state index contributed by atoms with van der Waals surface area (Å²) < 4.78 is 0. The Morgan fingerprint density at radius 1 is 1.33 bits per heavy atom. The van der Waals surface area contributed by atoms with Gasteiger partial charge in [-0.2, -0.15) is 5.26 Å². The van der Waals surface area contributed by atoms with Gasteiger partial charge in [0.2, 0.25) is 0 Å². The number of hydrogen-bond donors (Lipinski definition) is 0. The zero-order valence-corrected chi connectivity index (χ0v) is 9.26. The highest BCUT2D eigenvalue weighted by molar-refractivity contribution is 6.36. The summed E-state index contributed by atoms with van der Waals surface area (Å²) >= 11 is 6.20. The van der Waals surface area contributed by atoms with Crippen LogP contribution in [0.3, 0.4) is 0 Å². The van der Waals surface area contributed by atoms with E-state index in [1.807, 2.05) is 32.0 Å². The van der Waals surface area contributed by atoms with Crippen molar-refractivity contribution in [3.05, 3.63) is 40.0 Å². The minimum Gasteiger partial charge on any atom is -0.237 e. The summed E-state index contributed by atoms with van der Waals surface area (Å²) in [6, 6.07) is 7.50. The molecule has 0 aliphatic carbocycles. The van der Waals surface area contributed by atoms with Crippen LogP contribution in [0.4, 0.5) is 0 Å². The van der Waals surface area contributed by atoms with Crippen LogP contribution < -0.4 is 0 Å². The van der Waals surface area contributed by atoms with Gasteiger partial charge in [0.1, 0.15) is 11.8 Å². The predicted octanol–water partition coefficient (Wildman–Crippen LogP) is 3.38. The largest absolute Gasteiger partial charge is 0.237 e. The van der Waals surface area contributed by atoms with E-state index < -0.39 is 0 Å². The van der Waals surface area contributed by atoms with Gasteiger partial charge in [0.25, 0.3) is 0 Å². The fourth-order valence-corrected chi connectivity index (χ4v) is 1.83. The van der Waals surface area contributed by atoms with Gasteiger partial charge in [0, 0.05) is 5.39 Å². The van der Waals surface area contributed by atoms with E-state index in [9.17, 15) is 0 Å². The summed E-state index contributed by atoms with van der Waals surface area (Å²) in [5.41, 5.74) is 3.36. The first-order valence-electron chi connectivity index (χ1n) is 4.60. The van der Waals surface area contributed by atoms with Crippen molar-refractivity contribution in [3.8, 4) is 6.07 Å². The SMILES string of the molecule is Cc1cc2nc(C#N)ccc2c(Cl)c1C. The minimum atomic E-state index is 0.418. The summed E-state index contributed by atoms with van der Waals surface area (Å²) in [5.74, 6) is 0. The predicted molar refractivity (Wildman–Crippen MR) is 60.9 cm³/mol. The van der Waals surface area contributed by atoms with Crippen LogP contribution in [-0.2, 0) is 0 Å². The highest BCUT2D eigenvalue weighted by Gasteiger charge is 2.07. The third-order valence-corrected chi connectivity index (χ3v) is 3.04. The standard InChI is InChI=1S/C12H9ClN2/c1-7-5-11-10(12(13)8(7)2)4-3-9(6-14)15-11/h3-5H,1-2H3. The third kappa shape index (κ3) is 1.55. The van der Waals surface area contributed by atoms with Crippen LogP contribution in [0.25, 0.3) is 10.9 Å². The molecule has 0 saturated carbocycles. The van der Waals surface area contributed by atoms with E-state index in [4.69, 9.17) is 16.9 Å². The average molecular weight is 217 g/mol. The van der Waals surface area contributed by atoms with Crippen LogP contribution in [0, 0.1) is 25.2 Å². The molecule has 74 valence electrons. The Balaban J connectivity index is 2.87. The molecule has 1 heterocycles. The van der Waals surface area contributed by atoms with Crippen LogP contribution in [0.15, 0.2) is 18.2 Å². The van der Waals surface area contributed by atoms with Gasteiger partial charge in [-0.15, -0.1) is 0 Å². The normalized spacial score (nSPS) is 10.3. The van der Waals surface area contributed by atoms with Crippen molar-refractivity contribution < 1.29 is 0 Å². The Labute approximate surface area is 93.1 Å². The molecular weight excluding hydrogens is 208 g/mol. The van der Waals surface area contributed by atoms with Gasteiger partial charge >= 0.3 is 0 Å². The molecule has 0 N–H and O–H groups in total. The molecular formula is C12H9ClN2. The molecule has 2 nitrogen and oxygen atoms in total. The highest BCUT2D eigenvalue weighted by atomic mass is 35.5. The number of rotatable bonds is 0. The summed E-state index contributed by atoms with van der Waals surface area (Å²) in [7, 11) is 0. The molecule has 2 aromatic rings. The molecule has 0 bridgehead atoms. The van der Waals surface area contributed by atoms with Gasteiger partial charge in [-0.3, -0.25) is 0 Å². The van der Waals surface area contributed by atoms with Crippen LogP contribution in [0.5, 0.6) is 0 Å². The number of nitrogens with zero attached hydrogens (tertiary/aromatic N) is 2. The van der Waals surface area contributed by atoms with Crippen molar-refractivity contribution in [1.82, 2.24) is 4.98 Å². The maximum absolute atomic E-state index is 8.74. The number of pyridine rings is 1. The molecule has 3 heteroatoms. The Morgan fingerprint density at radius 2 is 2.07 bits per heavy atom. The highest BCUT2D eigenvalue weighted by Crippen LogP contribution is 2.28. The van der Waals surface area contributed by atoms with Crippen LogP contribution in [0.2, 0.25) is 5.02 Å². The molecule has 2 rings (SSSR count). The molecule has 1 aromatic carbocycles. The van der Waals surface area contributed by atoms with Gasteiger partial charge in [-0.25, -0.2) is 4.98 Å². The molecule has 0 atom stereocenters. The van der Waals surface area contributed by atoms with Gasteiger partial charge in [-0.1, -0.05) is 11.6 Å². The van der Waals surface area contributed by atoms with Crippen molar-refractivity contribution in [1.29, 1.82) is 5.26 Å². The molecule has 0 saturated heterocycles. The van der Waals surface area contributed by atoms with Crippen molar-refractivity contribution in [2.75, 3.05) is 0 Å². The molecule has 1 aromatic heterocycles. The number of fused-ring (bicyclic) bond motifs is 1. The Morgan fingerprint density at radius 3 is 2.73 bits per heavy atom. The molecule has 0 amide bonds. The van der Waals surface area contributed by atoms with Crippen molar-refractivity contribution >= 4 is 22.5 Å². The molecule has 0 fully saturated rings. The Bertz CT molecular complexity index is 582. The van der Waals surface area contributed by atoms with E-state index in [1.54, 1.807) is 6.07 Å². The second-order valence-electron chi connectivity index (χ2n) is 3.51. The topological polar surface area (TPSA) is 36.7 Å². The first-order valence-corrected chi connectivity index (χ1v) is 4.98. The minimum absolute atomic E-state index is 0.418. The quantitative estimate of drug-likeness (QED) is 0.677. The molecule has 0 unspecified atom stereocenters. The van der Waals surface area contributed by atoms with Crippen molar-refractivity contribution in [2.45, 2.75) is 13.8 Å². The maximum atomic E-state index is 8.74. The lowest BCUT2D eigenvalue weighted by molar-refractivity contribution is 1.29. The van der Waals surface area contributed by atoms with E-state index in [1.165, 1.54) is 0 Å². The first kappa shape index (κ1) is 9.95. The Hall–Kier alpha value is -1.59. The summed E-state index contributed by atoms with van der Waals surface area (Å²) in [6.45, 7) is 3.97. The molecule has 15 heavy (non-hydrogen) atoms. The molecule has 0 aliphatic rings. The summed E-state index contributed by atoms with van der Waals surface area (Å²) in [4.78, 5) is 4.21. The second-order valence-corrected chi connectivity index (χ2v) is 3.89. The zero-order valence-electron chi connectivity index (χ0n) is 8.50. The number of halogens is 1. The van der Waals surface area contributed by atoms with Gasteiger partial charge in [0.15, 0.2) is 0 Å². The molecule has 0 aliphatic heterocycles. The number of aryl methyl sites for hydroxylation is 1. The van der Waals surface area contributed by atoms with E-state index in [2.05, 4.69) is 4.98 Å². The molecule has 0 radical (unpaired) electrons. The lowest BCUT2D eigenvalue weighted by Gasteiger charge is -2.06. The van der Waals surface area contributed by atoms with Crippen molar-refractivity contribution in [3.63, 3.8) is 0 Å². The monoisotopic (exact) mass is 216 g/mol. The number of aromatic nitrogens is 1. The van der Waals surface area contributed by atoms with Gasteiger partial charge in [-0.05, 0) is 43.2 Å². The number of benzene rings is 1. The maximum Gasteiger partial charge on any atom is 0.141 e. The van der Waals surface area contributed by atoms with Crippen LogP contribution in [-0.4, -0.2) is 4.98 Å². The fraction of sp³-hybridized carbons (Fsp3) is 0.167.